The fraction of sp³-hybridized carbons (Fsp3) is 1.00. The first-order valence-electron chi connectivity index (χ1n) is 5.30. The van der Waals surface area contributed by atoms with Crippen molar-refractivity contribution in [1.29, 1.82) is 0 Å². The molecule has 0 saturated carbocycles. The van der Waals surface area contributed by atoms with Gasteiger partial charge < -0.3 is 0 Å². The van der Waals surface area contributed by atoms with E-state index in [1.165, 1.54) is 31.4 Å². The standard InChI is InChI=1S/C9H20S.C2H6/c1-4-5-6-7-9(2)8-10-3;1-2/h9H,4-8H2,1-3H3;1-2H3. The average Bonchev–Trinajstić information content (AvgIpc) is 2.09. The Morgan fingerprint density at radius 1 is 1.17 bits per heavy atom. The van der Waals surface area contributed by atoms with Crippen LogP contribution in [0.15, 0.2) is 0 Å². The minimum Gasteiger partial charge on any atom is -0.165 e. The molecule has 0 nitrogen and oxygen atoms in total. The van der Waals surface area contributed by atoms with Gasteiger partial charge in [0.15, 0.2) is 0 Å². The third kappa shape index (κ3) is 13.0. The van der Waals surface area contributed by atoms with Crippen LogP contribution in [-0.2, 0) is 0 Å². The highest BCUT2D eigenvalue weighted by molar-refractivity contribution is 7.98. The van der Waals surface area contributed by atoms with Crippen LogP contribution in [0.4, 0.5) is 0 Å². The zero-order chi connectivity index (χ0) is 9.82. The predicted molar refractivity (Wildman–Crippen MR) is 63.0 cm³/mol. The fourth-order valence-electron chi connectivity index (χ4n) is 1.11. The Morgan fingerprint density at radius 2 is 1.75 bits per heavy atom. The fourth-order valence-corrected chi connectivity index (χ4v) is 1.85. The van der Waals surface area contributed by atoms with E-state index in [0.29, 0.717) is 0 Å². The van der Waals surface area contributed by atoms with Crippen molar-refractivity contribution in [2.45, 2.75) is 53.4 Å². The molecular weight excluding hydrogens is 164 g/mol. The quantitative estimate of drug-likeness (QED) is 0.552. The summed E-state index contributed by atoms with van der Waals surface area (Å²) in [4.78, 5) is 0. The topological polar surface area (TPSA) is 0 Å². The molecule has 0 radical (unpaired) electrons. The predicted octanol–water partition coefficient (Wildman–Crippen LogP) is 4.59. The van der Waals surface area contributed by atoms with Crippen LogP contribution in [0.1, 0.15) is 53.4 Å². The molecule has 0 aromatic rings. The lowest BCUT2D eigenvalue weighted by Gasteiger charge is -2.07. The van der Waals surface area contributed by atoms with Crippen molar-refractivity contribution >= 4 is 11.8 Å². The Morgan fingerprint density at radius 3 is 2.17 bits per heavy atom. The number of hydrogen-bond acceptors (Lipinski definition) is 1. The Labute approximate surface area is 83.5 Å². The zero-order valence-electron chi connectivity index (χ0n) is 9.52. The molecule has 0 aliphatic rings. The summed E-state index contributed by atoms with van der Waals surface area (Å²) in [7, 11) is 0. The SMILES string of the molecule is CC.CCCCCC(C)CSC. The normalized spacial score (nSPS) is 11.8. The maximum Gasteiger partial charge on any atom is -0.00445 e. The van der Waals surface area contributed by atoms with E-state index < -0.39 is 0 Å². The molecule has 0 aliphatic carbocycles. The van der Waals surface area contributed by atoms with Crippen molar-refractivity contribution in [2.75, 3.05) is 12.0 Å². The molecule has 0 fully saturated rings. The van der Waals surface area contributed by atoms with Gasteiger partial charge in [0.2, 0.25) is 0 Å². The van der Waals surface area contributed by atoms with Gasteiger partial charge in [0.1, 0.15) is 0 Å². The molecule has 1 unspecified atom stereocenters. The summed E-state index contributed by atoms with van der Waals surface area (Å²) in [5.41, 5.74) is 0. The molecule has 0 spiro atoms. The van der Waals surface area contributed by atoms with E-state index in [-0.39, 0.29) is 0 Å². The highest BCUT2D eigenvalue weighted by atomic mass is 32.2. The highest BCUT2D eigenvalue weighted by Gasteiger charge is 1.98. The lowest BCUT2D eigenvalue weighted by Crippen LogP contribution is -1.96. The summed E-state index contributed by atoms with van der Waals surface area (Å²) in [5, 5.41) is 0. The largest absolute Gasteiger partial charge is 0.165 e. The van der Waals surface area contributed by atoms with E-state index >= 15 is 0 Å². The molecule has 1 heteroatoms. The molecule has 0 rings (SSSR count). The van der Waals surface area contributed by atoms with Gasteiger partial charge >= 0.3 is 0 Å². The van der Waals surface area contributed by atoms with Gasteiger partial charge in [-0.05, 0) is 24.3 Å². The molecule has 0 heterocycles. The summed E-state index contributed by atoms with van der Waals surface area (Å²) in [6, 6.07) is 0. The van der Waals surface area contributed by atoms with Gasteiger partial charge in [0.05, 0.1) is 0 Å². The summed E-state index contributed by atoms with van der Waals surface area (Å²) >= 11 is 1.97. The van der Waals surface area contributed by atoms with Crippen molar-refractivity contribution in [1.82, 2.24) is 0 Å². The molecule has 0 aliphatic heterocycles. The van der Waals surface area contributed by atoms with Crippen molar-refractivity contribution in [3.8, 4) is 0 Å². The Balaban J connectivity index is 0. The Hall–Kier alpha value is 0.350. The summed E-state index contributed by atoms with van der Waals surface area (Å²) in [6.07, 6.45) is 7.81. The van der Waals surface area contributed by atoms with E-state index in [4.69, 9.17) is 0 Å². The molecule has 1 atom stereocenters. The van der Waals surface area contributed by atoms with Crippen molar-refractivity contribution in [3.63, 3.8) is 0 Å². The first-order valence-corrected chi connectivity index (χ1v) is 6.69. The van der Waals surface area contributed by atoms with Crippen LogP contribution in [0.3, 0.4) is 0 Å². The van der Waals surface area contributed by atoms with Gasteiger partial charge in [0.25, 0.3) is 0 Å². The average molecular weight is 190 g/mol. The van der Waals surface area contributed by atoms with Gasteiger partial charge in [-0.25, -0.2) is 0 Å². The van der Waals surface area contributed by atoms with Crippen LogP contribution in [0.2, 0.25) is 0 Å². The Bertz CT molecular complexity index is 62.0. The van der Waals surface area contributed by atoms with Crippen molar-refractivity contribution in [3.05, 3.63) is 0 Å². The van der Waals surface area contributed by atoms with Gasteiger partial charge in [-0.1, -0.05) is 47.0 Å². The van der Waals surface area contributed by atoms with E-state index in [9.17, 15) is 0 Å². The summed E-state index contributed by atoms with van der Waals surface area (Å²) < 4.78 is 0. The number of hydrogen-bond donors (Lipinski definition) is 0. The van der Waals surface area contributed by atoms with Gasteiger partial charge in [-0.15, -0.1) is 0 Å². The third-order valence-corrected chi connectivity index (χ3v) is 2.65. The zero-order valence-corrected chi connectivity index (χ0v) is 10.3. The number of thioether (sulfide) groups is 1. The molecule has 0 aromatic heterocycles. The van der Waals surface area contributed by atoms with Crippen molar-refractivity contribution < 1.29 is 0 Å². The molecule has 0 saturated heterocycles. The molecular formula is C11H26S. The molecule has 0 bridgehead atoms. The van der Waals surface area contributed by atoms with Gasteiger partial charge in [-0.3, -0.25) is 0 Å². The number of rotatable bonds is 6. The van der Waals surface area contributed by atoms with Crippen LogP contribution in [-0.4, -0.2) is 12.0 Å². The van der Waals surface area contributed by atoms with Gasteiger partial charge in [0, 0.05) is 0 Å². The second-order valence-corrected chi connectivity index (χ2v) is 3.97. The molecule has 0 amide bonds. The molecule has 76 valence electrons. The third-order valence-electron chi connectivity index (χ3n) is 1.75. The van der Waals surface area contributed by atoms with Crippen molar-refractivity contribution in [2.24, 2.45) is 5.92 Å². The van der Waals surface area contributed by atoms with Gasteiger partial charge in [-0.2, -0.15) is 11.8 Å². The second kappa shape index (κ2) is 13.9. The Kier molecular flexibility index (Phi) is 17.2. The molecule has 0 aromatic carbocycles. The maximum atomic E-state index is 2.35. The monoisotopic (exact) mass is 190 g/mol. The summed E-state index contributed by atoms with van der Waals surface area (Å²) in [6.45, 7) is 8.62. The van der Waals surface area contributed by atoms with E-state index in [1.807, 2.05) is 25.6 Å². The van der Waals surface area contributed by atoms with Crippen LogP contribution >= 0.6 is 11.8 Å². The molecule has 12 heavy (non-hydrogen) atoms. The minimum absolute atomic E-state index is 0.932. The lowest BCUT2D eigenvalue weighted by molar-refractivity contribution is 0.541. The first kappa shape index (κ1) is 14.9. The van der Waals surface area contributed by atoms with E-state index in [2.05, 4.69) is 20.1 Å². The summed E-state index contributed by atoms with van der Waals surface area (Å²) in [5.74, 6) is 2.27. The van der Waals surface area contributed by atoms with Crippen LogP contribution in [0.25, 0.3) is 0 Å². The second-order valence-electron chi connectivity index (χ2n) is 3.06. The maximum absolute atomic E-state index is 2.35. The van der Waals surface area contributed by atoms with E-state index in [0.717, 1.165) is 5.92 Å². The highest BCUT2D eigenvalue weighted by Crippen LogP contribution is 2.12. The van der Waals surface area contributed by atoms with Crippen LogP contribution < -0.4 is 0 Å². The van der Waals surface area contributed by atoms with Crippen LogP contribution in [0.5, 0.6) is 0 Å². The smallest absolute Gasteiger partial charge is 0.00445 e. The molecule has 0 N–H and O–H groups in total. The number of unbranched alkanes of at least 4 members (excludes halogenated alkanes) is 2. The first-order chi connectivity index (χ1) is 5.81. The van der Waals surface area contributed by atoms with E-state index in [1.54, 1.807) is 0 Å². The lowest BCUT2D eigenvalue weighted by atomic mass is 10.1. The minimum atomic E-state index is 0.932. The van der Waals surface area contributed by atoms with Crippen LogP contribution in [0, 0.1) is 5.92 Å².